The highest BCUT2D eigenvalue weighted by Gasteiger charge is 2.31. The number of ether oxygens (including phenoxy) is 2. The maximum absolute atomic E-state index is 12.9. The molecule has 0 N–H and O–H groups in total. The number of benzene rings is 2. The van der Waals surface area contributed by atoms with E-state index in [1.807, 2.05) is 49.4 Å². The molecule has 30 heavy (non-hydrogen) atoms. The predicted octanol–water partition coefficient (Wildman–Crippen LogP) is 5.71. The number of nitrogens with zero attached hydrogens (tertiary/aromatic N) is 1. The molecule has 0 aliphatic carbocycles. The van der Waals surface area contributed by atoms with Crippen molar-refractivity contribution in [3.05, 3.63) is 64.6 Å². The average Bonchev–Trinajstić information content (AvgIpc) is 3.01. The Kier molecular flexibility index (Phi) is 8.34. The van der Waals surface area contributed by atoms with Crippen LogP contribution in [0.2, 0.25) is 0 Å². The van der Waals surface area contributed by atoms with Gasteiger partial charge in [0.05, 0.1) is 18.1 Å². The van der Waals surface area contributed by atoms with Crippen molar-refractivity contribution in [3.63, 3.8) is 0 Å². The van der Waals surface area contributed by atoms with Crippen molar-refractivity contribution in [1.29, 1.82) is 0 Å². The molecule has 1 saturated heterocycles. The van der Waals surface area contributed by atoms with Crippen LogP contribution in [-0.4, -0.2) is 34.9 Å². The van der Waals surface area contributed by atoms with Crippen LogP contribution in [0.1, 0.15) is 37.8 Å². The Morgan fingerprint density at radius 1 is 1.07 bits per heavy atom. The highest BCUT2D eigenvalue weighted by atomic mass is 32.2. The quantitative estimate of drug-likeness (QED) is 0.268. The summed E-state index contributed by atoms with van der Waals surface area (Å²) in [7, 11) is 0. The van der Waals surface area contributed by atoms with Crippen molar-refractivity contribution >= 4 is 40.3 Å². The highest BCUT2D eigenvalue weighted by Crippen LogP contribution is 2.35. The molecule has 0 spiro atoms. The van der Waals surface area contributed by atoms with E-state index in [0.29, 0.717) is 34.7 Å². The van der Waals surface area contributed by atoms with Crippen LogP contribution in [0.3, 0.4) is 0 Å². The molecule has 1 fully saturated rings. The van der Waals surface area contributed by atoms with E-state index in [1.165, 1.54) is 17.3 Å². The Morgan fingerprint density at radius 3 is 2.60 bits per heavy atom. The number of carbonyl (C=O) groups is 1. The number of carbonyl (C=O) groups excluding carboxylic acids is 1. The van der Waals surface area contributed by atoms with Gasteiger partial charge < -0.3 is 9.47 Å². The molecule has 1 heterocycles. The van der Waals surface area contributed by atoms with Gasteiger partial charge in [-0.15, -0.1) is 0 Å². The molecular formula is C24H27NO3S2. The Morgan fingerprint density at radius 2 is 1.87 bits per heavy atom. The first-order valence-corrected chi connectivity index (χ1v) is 11.5. The van der Waals surface area contributed by atoms with E-state index in [2.05, 4.69) is 19.1 Å². The van der Waals surface area contributed by atoms with Gasteiger partial charge in [-0.3, -0.25) is 9.69 Å². The van der Waals surface area contributed by atoms with Gasteiger partial charge in [-0.25, -0.2) is 0 Å². The molecule has 0 atom stereocenters. The fraction of sp³-hybridized carbons (Fsp3) is 0.333. The third-order valence-electron chi connectivity index (χ3n) is 4.66. The summed E-state index contributed by atoms with van der Waals surface area (Å²) in [5.74, 6) is 1.39. The number of thioether (sulfide) groups is 1. The molecule has 0 unspecified atom stereocenters. The zero-order valence-electron chi connectivity index (χ0n) is 17.4. The molecule has 2 aromatic rings. The van der Waals surface area contributed by atoms with Crippen molar-refractivity contribution in [2.45, 2.75) is 33.1 Å². The van der Waals surface area contributed by atoms with Crippen LogP contribution >= 0.6 is 24.0 Å². The number of hydrogen-bond acceptors (Lipinski definition) is 5. The van der Waals surface area contributed by atoms with E-state index in [9.17, 15) is 4.79 Å². The number of hydrogen-bond donors (Lipinski definition) is 0. The van der Waals surface area contributed by atoms with E-state index in [0.717, 1.165) is 30.6 Å². The summed E-state index contributed by atoms with van der Waals surface area (Å²) in [6, 6.07) is 15.9. The second-order valence-electron chi connectivity index (χ2n) is 6.91. The van der Waals surface area contributed by atoms with Gasteiger partial charge in [0.1, 0.15) is 4.32 Å². The van der Waals surface area contributed by atoms with Gasteiger partial charge in [-0.2, -0.15) is 0 Å². The smallest absolute Gasteiger partial charge is 0.266 e. The fourth-order valence-electron chi connectivity index (χ4n) is 3.06. The molecular weight excluding hydrogens is 414 g/mol. The molecule has 1 aliphatic heterocycles. The lowest BCUT2D eigenvalue weighted by Gasteiger charge is -2.14. The van der Waals surface area contributed by atoms with Crippen molar-refractivity contribution in [2.75, 3.05) is 19.8 Å². The fourth-order valence-corrected chi connectivity index (χ4v) is 4.37. The van der Waals surface area contributed by atoms with Gasteiger partial charge in [0, 0.05) is 6.54 Å². The van der Waals surface area contributed by atoms with E-state index >= 15 is 0 Å². The van der Waals surface area contributed by atoms with E-state index < -0.39 is 0 Å². The second-order valence-corrected chi connectivity index (χ2v) is 8.59. The Balaban J connectivity index is 1.71. The zero-order valence-corrected chi connectivity index (χ0v) is 19.1. The van der Waals surface area contributed by atoms with Crippen LogP contribution < -0.4 is 9.47 Å². The Hall–Kier alpha value is -2.31. The van der Waals surface area contributed by atoms with Crippen molar-refractivity contribution in [3.8, 4) is 11.5 Å². The summed E-state index contributed by atoms with van der Waals surface area (Å²) in [6.07, 6.45) is 4.73. The van der Waals surface area contributed by atoms with Crippen LogP contribution in [0.5, 0.6) is 11.5 Å². The summed E-state index contributed by atoms with van der Waals surface area (Å²) < 4.78 is 12.2. The minimum atomic E-state index is -0.0397. The van der Waals surface area contributed by atoms with Gasteiger partial charge >= 0.3 is 0 Å². The predicted molar refractivity (Wildman–Crippen MR) is 128 cm³/mol. The van der Waals surface area contributed by atoms with E-state index in [1.54, 1.807) is 4.90 Å². The second kappa shape index (κ2) is 11.2. The van der Waals surface area contributed by atoms with Crippen LogP contribution in [0.25, 0.3) is 6.08 Å². The number of unbranched alkanes of at least 4 members (excludes halogenated alkanes) is 1. The van der Waals surface area contributed by atoms with Crippen LogP contribution in [0.4, 0.5) is 0 Å². The lowest BCUT2D eigenvalue weighted by molar-refractivity contribution is -0.122. The highest BCUT2D eigenvalue weighted by molar-refractivity contribution is 8.26. The normalized spacial score (nSPS) is 15.1. The van der Waals surface area contributed by atoms with Crippen molar-refractivity contribution in [2.24, 2.45) is 0 Å². The molecule has 0 radical (unpaired) electrons. The van der Waals surface area contributed by atoms with Gasteiger partial charge in [0.2, 0.25) is 0 Å². The maximum atomic E-state index is 12.9. The first-order chi connectivity index (χ1) is 14.6. The van der Waals surface area contributed by atoms with Crippen LogP contribution in [-0.2, 0) is 11.2 Å². The van der Waals surface area contributed by atoms with Crippen molar-refractivity contribution < 1.29 is 14.3 Å². The molecule has 158 valence electrons. The van der Waals surface area contributed by atoms with Gasteiger partial charge in [-0.1, -0.05) is 73.7 Å². The number of thiocarbonyl (C=S) groups is 1. The summed E-state index contributed by atoms with van der Waals surface area (Å²) in [5, 5.41) is 0. The van der Waals surface area contributed by atoms with Crippen LogP contribution in [0.15, 0.2) is 53.4 Å². The largest absolute Gasteiger partial charge is 0.490 e. The standard InChI is InChI=1S/C24H27NO3S2/c1-3-5-15-28-20-12-11-19(16-21(20)27-4-2)17-22-23(26)25(24(29)30-22)14-13-18-9-7-6-8-10-18/h6-12,16-17H,3-5,13-15H2,1-2H3/b22-17-. The number of rotatable bonds is 10. The molecule has 0 bridgehead atoms. The third-order valence-corrected chi connectivity index (χ3v) is 6.04. The summed E-state index contributed by atoms with van der Waals surface area (Å²) in [6.45, 7) is 5.87. The molecule has 1 amide bonds. The van der Waals surface area contributed by atoms with Gasteiger partial charge in [0.25, 0.3) is 5.91 Å². The average molecular weight is 442 g/mol. The third kappa shape index (κ3) is 5.86. The van der Waals surface area contributed by atoms with E-state index in [4.69, 9.17) is 21.7 Å². The van der Waals surface area contributed by atoms with Crippen molar-refractivity contribution in [1.82, 2.24) is 4.90 Å². The molecule has 3 rings (SSSR count). The lowest BCUT2D eigenvalue weighted by atomic mass is 10.1. The molecule has 0 aromatic heterocycles. The van der Waals surface area contributed by atoms with E-state index in [-0.39, 0.29) is 5.91 Å². The lowest BCUT2D eigenvalue weighted by Crippen LogP contribution is -2.30. The monoisotopic (exact) mass is 441 g/mol. The summed E-state index contributed by atoms with van der Waals surface area (Å²) in [4.78, 5) is 15.2. The summed E-state index contributed by atoms with van der Waals surface area (Å²) in [5.41, 5.74) is 2.08. The maximum Gasteiger partial charge on any atom is 0.266 e. The van der Waals surface area contributed by atoms with Crippen LogP contribution in [0, 0.1) is 0 Å². The topological polar surface area (TPSA) is 38.8 Å². The summed E-state index contributed by atoms with van der Waals surface area (Å²) >= 11 is 6.81. The minimum Gasteiger partial charge on any atom is -0.490 e. The first-order valence-electron chi connectivity index (χ1n) is 10.3. The minimum absolute atomic E-state index is 0.0397. The number of amides is 1. The Bertz CT molecular complexity index is 912. The van der Waals surface area contributed by atoms with Gasteiger partial charge in [0.15, 0.2) is 11.5 Å². The first kappa shape index (κ1) is 22.4. The Labute approximate surface area is 188 Å². The molecule has 2 aromatic carbocycles. The zero-order chi connectivity index (χ0) is 21.3. The van der Waals surface area contributed by atoms with Gasteiger partial charge in [-0.05, 0) is 49.1 Å². The molecule has 1 aliphatic rings. The molecule has 6 heteroatoms. The SMILES string of the molecule is CCCCOc1ccc(/C=C2\SC(=S)N(CCc3ccccc3)C2=O)cc1OCC. The molecule has 0 saturated carbocycles. The molecule has 4 nitrogen and oxygen atoms in total.